The van der Waals surface area contributed by atoms with Gasteiger partial charge in [-0.15, -0.1) is 0 Å². The number of carbonyl (C=O) groups is 1. The monoisotopic (exact) mass is 151 g/mol. The Morgan fingerprint density at radius 1 is 1.27 bits per heavy atom. The van der Waals surface area contributed by atoms with Gasteiger partial charge in [0.1, 0.15) is 5.78 Å². The molecule has 0 N–H and O–H groups in total. The molecule has 1 aliphatic rings. The average Bonchev–Trinajstić information content (AvgIpc) is 1.98. The predicted molar refractivity (Wildman–Crippen MR) is 41.8 cm³/mol. The number of rotatable bonds is 0. The van der Waals surface area contributed by atoms with Crippen LogP contribution in [0.4, 0.5) is 0 Å². The Labute approximate surface area is 67.2 Å². The second-order valence-corrected chi connectivity index (χ2v) is 3.15. The van der Waals surface area contributed by atoms with Crippen molar-refractivity contribution in [3.8, 4) is 6.07 Å². The summed E-state index contributed by atoms with van der Waals surface area (Å²) < 4.78 is 0. The molecule has 0 bridgehead atoms. The van der Waals surface area contributed by atoms with Gasteiger partial charge >= 0.3 is 0 Å². The first-order valence-corrected chi connectivity index (χ1v) is 4.24. The Hall–Kier alpha value is -0.840. The minimum Gasteiger partial charge on any atom is -0.300 e. The molecular formula is C9H13NO. The molecule has 0 amide bonds. The van der Waals surface area contributed by atoms with Gasteiger partial charge in [-0.2, -0.15) is 5.26 Å². The topological polar surface area (TPSA) is 40.9 Å². The van der Waals surface area contributed by atoms with Crippen molar-refractivity contribution in [3.05, 3.63) is 0 Å². The number of hydrogen-bond donors (Lipinski definition) is 0. The molecule has 0 aliphatic heterocycles. The van der Waals surface area contributed by atoms with E-state index in [1.165, 1.54) is 0 Å². The van der Waals surface area contributed by atoms with E-state index >= 15 is 0 Å². The summed E-state index contributed by atoms with van der Waals surface area (Å²) in [6.45, 7) is 0. The maximum absolute atomic E-state index is 11.0. The van der Waals surface area contributed by atoms with Crippen molar-refractivity contribution in [3.63, 3.8) is 0 Å². The van der Waals surface area contributed by atoms with Crippen molar-refractivity contribution >= 4 is 5.78 Å². The summed E-state index contributed by atoms with van der Waals surface area (Å²) in [6, 6.07) is 2.24. The van der Waals surface area contributed by atoms with Gasteiger partial charge in [0, 0.05) is 18.8 Å². The molecule has 0 aromatic heterocycles. The zero-order valence-electron chi connectivity index (χ0n) is 6.68. The van der Waals surface area contributed by atoms with E-state index in [9.17, 15) is 4.79 Å². The summed E-state index contributed by atoms with van der Waals surface area (Å²) in [5, 5.41) is 8.63. The van der Waals surface area contributed by atoms with Crippen molar-refractivity contribution in [1.82, 2.24) is 0 Å². The quantitative estimate of drug-likeness (QED) is 0.531. The molecule has 0 aromatic rings. The average molecular weight is 151 g/mol. The summed E-state index contributed by atoms with van der Waals surface area (Å²) in [5.74, 6) is 0.476. The molecule has 1 fully saturated rings. The van der Waals surface area contributed by atoms with Crippen molar-refractivity contribution in [2.45, 2.75) is 38.5 Å². The zero-order valence-corrected chi connectivity index (χ0v) is 6.68. The van der Waals surface area contributed by atoms with E-state index in [1.54, 1.807) is 0 Å². The van der Waals surface area contributed by atoms with Gasteiger partial charge in [-0.1, -0.05) is 6.42 Å². The highest BCUT2D eigenvalue weighted by molar-refractivity contribution is 5.78. The summed E-state index contributed by atoms with van der Waals surface area (Å²) in [5.41, 5.74) is 0. The van der Waals surface area contributed by atoms with Gasteiger partial charge < -0.3 is 0 Å². The number of nitrogens with zero attached hydrogens (tertiary/aromatic N) is 1. The number of Topliss-reactive ketones (excluding diaryl/α,β-unsaturated/α-hetero) is 1. The van der Waals surface area contributed by atoms with Crippen LogP contribution in [0.15, 0.2) is 0 Å². The highest BCUT2D eigenvalue weighted by Gasteiger charge is 2.13. The highest BCUT2D eigenvalue weighted by atomic mass is 16.1. The Kier molecular flexibility index (Phi) is 3.10. The second kappa shape index (κ2) is 4.12. The lowest BCUT2D eigenvalue weighted by molar-refractivity contribution is -0.119. The standard InChI is InChI=1S/C9H13NO/c10-7-8-3-1-2-4-9(11)6-5-8/h8H,1-6H2. The predicted octanol–water partition coefficient (Wildman–Crippen LogP) is 2.05. The fourth-order valence-corrected chi connectivity index (χ4v) is 1.45. The van der Waals surface area contributed by atoms with Crippen LogP contribution in [0.3, 0.4) is 0 Å². The Balaban J connectivity index is 2.39. The third kappa shape index (κ3) is 2.71. The number of ketones is 1. The molecule has 1 rings (SSSR count). The third-order valence-electron chi connectivity index (χ3n) is 2.21. The summed E-state index contributed by atoms with van der Waals surface area (Å²) in [6.07, 6.45) is 5.16. The fourth-order valence-electron chi connectivity index (χ4n) is 1.45. The first kappa shape index (κ1) is 8.26. The minimum absolute atomic E-state index is 0.138. The normalized spacial score (nSPS) is 26.8. The van der Waals surface area contributed by atoms with E-state index in [0.717, 1.165) is 32.1 Å². The largest absolute Gasteiger partial charge is 0.300 e. The highest BCUT2D eigenvalue weighted by Crippen LogP contribution is 2.19. The maximum atomic E-state index is 11.0. The summed E-state index contributed by atoms with van der Waals surface area (Å²) in [7, 11) is 0. The van der Waals surface area contributed by atoms with Gasteiger partial charge in [-0.3, -0.25) is 4.79 Å². The zero-order chi connectivity index (χ0) is 8.10. The van der Waals surface area contributed by atoms with E-state index in [1.807, 2.05) is 0 Å². The molecule has 1 aliphatic carbocycles. The molecular weight excluding hydrogens is 138 g/mol. The van der Waals surface area contributed by atoms with Crippen LogP contribution in [-0.2, 0) is 4.79 Å². The third-order valence-corrected chi connectivity index (χ3v) is 2.21. The lowest BCUT2D eigenvalue weighted by Gasteiger charge is -2.11. The van der Waals surface area contributed by atoms with Crippen molar-refractivity contribution in [2.24, 2.45) is 5.92 Å². The van der Waals surface area contributed by atoms with E-state index in [-0.39, 0.29) is 5.92 Å². The van der Waals surface area contributed by atoms with Crippen molar-refractivity contribution < 1.29 is 4.79 Å². The first-order valence-electron chi connectivity index (χ1n) is 4.24. The molecule has 2 nitrogen and oxygen atoms in total. The smallest absolute Gasteiger partial charge is 0.132 e. The molecule has 0 heterocycles. The molecule has 1 atom stereocenters. The van der Waals surface area contributed by atoms with Gasteiger partial charge in [-0.05, 0) is 19.3 Å². The van der Waals surface area contributed by atoms with Crippen LogP contribution in [-0.4, -0.2) is 5.78 Å². The lowest BCUT2D eigenvalue weighted by atomic mass is 9.92. The van der Waals surface area contributed by atoms with Crippen LogP contribution in [0.5, 0.6) is 0 Å². The Morgan fingerprint density at radius 3 is 2.82 bits per heavy atom. The fraction of sp³-hybridized carbons (Fsp3) is 0.778. The van der Waals surface area contributed by atoms with Gasteiger partial charge in [-0.25, -0.2) is 0 Å². The van der Waals surface area contributed by atoms with Crippen molar-refractivity contribution in [2.75, 3.05) is 0 Å². The van der Waals surface area contributed by atoms with Gasteiger partial charge in [0.25, 0.3) is 0 Å². The van der Waals surface area contributed by atoms with Gasteiger partial charge in [0.05, 0.1) is 6.07 Å². The van der Waals surface area contributed by atoms with Crippen LogP contribution in [0.2, 0.25) is 0 Å². The number of hydrogen-bond acceptors (Lipinski definition) is 2. The molecule has 0 saturated heterocycles. The van der Waals surface area contributed by atoms with E-state index in [0.29, 0.717) is 12.2 Å². The van der Waals surface area contributed by atoms with Crippen LogP contribution < -0.4 is 0 Å². The first-order chi connectivity index (χ1) is 5.33. The SMILES string of the molecule is N#CC1CCCCC(=O)CC1. The van der Waals surface area contributed by atoms with Gasteiger partial charge in [0.15, 0.2) is 0 Å². The van der Waals surface area contributed by atoms with Crippen LogP contribution >= 0.6 is 0 Å². The molecule has 1 saturated carbocycles. The van der Waals surface area contributed by atoms with E-state index in [4.69, 9.17) is 5.26 Å². The van der Waals surface area contributed by atoms with Crippen LogP contribution in [0.1, 0.15) is 38.5 Å². The van der Waals surface area contributed by atoms with Crippen LogP contribution in [0.25, 0.3) is 0 Å². The number of carbonyl (C=O) groups excluding carboxylic acids is 1. The molecule has 1 unspecified atom stereocenters. The molecule has 0 spiro atoms. The molecule has 0 aromatic carbocycles. The molecule has 11 heavy (non-hydrogen) atoms. The lowest BCUT2D eigenvalue weighted by Crippen LogP contribution is -2.07. The molecule has 2 heteroatoms. The van der Waals surface area contributed by atoms with Crippen molar-refractivity contribution in [1.29, 1.82) is 5.26 Å². The molecule has 60 valence electrons. The van der Waals surface area contributed by atoms with E-state index in [2.05, 4.69) is 6.07 Å². The maximum Gasteiger partial charge on any atom is 0.132 e. The Bertz CT molecular complexity index is 180. The Morgan fingerprint density at radius 2 is 2.09 bits per heavy atom. The molecule has 0 radical (unpaired) electrons. The summed E-state index contributed by atoms with van der Waals surface area (Å²) >= 11 is 0. The van der Waals surface area contributed by atoms with Crippen LogP contribution in [0, 0.1) is 17.2 Å². The van der Waals surface area contributed by atoms with Gasteiger partial charge in [0.2, 0.25) is 0 Å². The van der Waals surface area contributed by atoms with E-state index < -0.39 is 0 Å². The summed E-state index contributed by atoms with van der Waals surface area (Å²) in [4.78, 5) is 11.0. The minimum atomic E-state index is 0.138. The number of nitriles is 1. The second-order valence-electron chi connectivity index (χ2n) is 3.15.